The van der Waals surface area contributed by atoms with Crippen LogP contribution in [0.5, 0.6) is 5.75 Å². The van der Waals surface area contributed by atoms with Crippen molar-refractivity contribution < 1.29 is 5.11 Å². The number of halogens is 5. The molecule has 0 aliphatic heterocycles. The number of aromatic nitrogens is 14. The first-order valence-corrected chi connectivity index (χ1v) is 45.4. The number of hydrogen-bond acceptors (Lipinski definition) is 21. The van der Waals surface area contributed by atoms with Gasteiger partial charge in [0.25, 0.3) is 0 Å². The van der Waals surface area contributed by atoms with Gasteiger partial charge in [-0.2, -0.15) is 62.2 Å². The van der Waals surface area contributed by atoms with Crippen molar-refractivity contribution in [2.45, 2.75) is 59.3 Å². The molecular formula is C106H81Cl5N26OS. The summed E-state index contributed by atoms with van der Waals surface area (Å²) in [6.45, 7) is 5.88. The Bertz CT molecular complexity index is 7510. The largest absolute Gasteiger partial charge is 0.508 e. The summed E-state index contributed by atoms with van der Waals surface area (Å²) in [5.41, 5.74) is 20.5. The summed E-state index contributed by atoms with van der Waals surface area (Å²) >= 11 is 32.1. The Labute approximate surface area is 829 Å². The van der Waals surface area contributed by atoms with Crippen LogP contribution in [0.4, 0.5) is 34.9 Å². The Morgan fingerprint density at radius 2 is 0.676 bits per heavy atom. The van der Waals surface area contributed by atoms with Crippen LogP contribution in [0.1, 0.15) is 150 Å². The van der Waals surface area contributed by atoms with Crippen LogP contribution in [0.3, 0.4) is 0 Å². The van der Waals surface area contributed by atoms with E-state index < -0.39 is 0 Å². The molecule has 0 fully saturated rings. The predicted molar refractivity (Wildman–Crippen MR) is 548 cm³/mol. The highest BCUT2D eigenvalue weighted by atomic mass is 35.5. The van der Waals surface area contributed by atoms with Gasteiger partial charge >= 0.3 is 0 Å². The summed E-state index contributed by atoms with van der Waals surface area (Å²) in [4.78, 5) is 33.8. The summed E-state index contributed by atoms with van der Waals surface area (Å²) < 4.78 is 0. The maximum absolute atomic E-state index is 9.74. The quantitative estimate of drug-likeness (QED) is 0.0261. The minimum absolute atomic E-state index is 0.200. The zero-order chi connectivity index (χ0) is 97.6. The highest BCUT2D eigenvalue weighted by molar-refractivity contribution is 7.11. The SMILES string of the molecule is Cc1ccc(C=Nc2n[nH]c(Cc3ccccc3Cl)c2C#N)cc1.Cc1ccc(C=Nc2n[nH]c(Cc3ccccc3Cl)c2C#N)cc1O.Cc1ccc(C=Nc2n[nH]c(Cc3cccnc3)c2C#N)cc1.N#Cc1c(N=Cc2cc[nH]c2)n[nH]c1Cc1cccc(Cl)c1.N#Cc1c(N=Cc2ccccc2)n[nH]c1Cc1ccccc1Cl.N#Cc1c(N=Cc2cccs2)n[nH]c1Cc1cccc(Cl)c1. The maximum atomic E-state index is 9.74. The third kappa shape index (κ3) is 28.8. The van der Waals surface area contributed by atoms with Gasteiger partial charge in [0.2, 0.25) is 0 Å². The Balaban J connectivity index is 0.000000141. The van der Waals surface area contributed by atoms with Crippen LogP contribution in [0, 0.1) is 88.8 Å². The molecule has 33 heteroatoms. The molecule has 0 radical (unpaired) electrons. The van der Waals surface area contributed by atoms with Gasteiger partial charge in [-0.15, -0.1) is 11.3 Å². The van der Waals surface area contributed by atoms with E-state index >= 15 is 0 Å². The molecular weight excluding hydrogens is 1860 g/mol. The van der Waals surface area contributed by atoms with Gasteiger partial charge < -0.3 is 10.1 Å². The zero-order valence-corrected chi connectivity index (χ0v) is 79.1. The van der Waals surface area contributed by atoms with E-state index in [1.165, 1.54) is 11.1 Å². The first-order chi connectivity index (χ1) is 67.8. The molecule has 139 heavy (non-hydrogen) atoms. The summed E-state index contributed by atoms with van der Waals surface area (Å²) in [5, 5.41) is 114. The van der Waals surface area contributed by atoms with Crippen LogP contribution in [0.2, 0.25) is 25.1 Å². The lowest BCUT2D eigenvalue weighted by Gasteiger charge is -2.02. The van der Waals surface area contributed by atoms with E-state index in [4.69, 9.17) is 58.0 Å². The van der Waals surface area contributed by atoms with Crippen molar-refractivity contribution in [3.63, 3.8) is 0 Å². The van der Waals surface area contributed by atoms with Crippen molar-refractivity contribution in [2.24, 2.45) is 30.0 Å². The molecule has 0 aliphatic carbocycles. The van der Waals surface area contributed by atoms with Gasteiger partial charge in [0.1, 0.15) is 75.5 Å². The lowest BCUT2D eigenvalue weighted by Crippen LogP contribution is -1.92. The van der Waals surface area contributed by atoms with Crippen LogP contribution < -0.4 is 0 Å². The number of pyridine rings is 1. The topological polar surface area (TPSA) is 438 Å². The molecule has 9 aromatic carbocycles. The maximum Gasteiger partial charge on any atom is 0.191 e. The van der Waals surface area contributed by atoms with E-state index in [0.717, 1.165) is 88.7 Å². The number of thiophene rings is 1. The molecule has 0 spiro atoms. The Hall–Kier alpha value is -17.4. The summed E-state index contributed by atoms with van der Waals surface area (Å²) in [6, 6.07) is 91.1. The van der Waals surface area contributed by atoms with E-state index in [1.807, 2.05) is 275 Å². The molecule has 0 saturated heterocycles. The molecule has 0 aliphatic rings. The van der Waals surface area contributed by atoms with Crippen molar-refractivity contribution in [2.75, 3.05) is 0 Å². The highest BCUT2D eigenvalue weighted by Gasteiger charge is 2.21. The molecule has 8 N–H and O–H groups in total. The average molecular weight is 1940 g/mol. The summed E-state index contributed by atoms with van der Waals surface area (Å²) in [6.07, 6.45) is 20.3. The van der Waals surface area contributed by atoms with Gasteiger partial charge in [-0.1, -0.05) is 251 Å². The van der Waals surface area contributed by atoms with E-state index in [1.54, 1.807) is 73.2 Å². The van der Waals surface area contributed by atoms with Gasteiger partial charge in [-0.05, 0) is 154 Å². The van der Waals surface area contributed by atoms with Crippen LogP contribution in [-0.2, 0) is 38.5 Å². The second kappa shape index (κ2) is 50.6. The number of aryl methyl sites for hydroxylation is 3. The lowest BCUT2D eigenvalue weighted by atomic mass is 10.1. The number of nitrogens with zero attached hydrogens (tertiary/aromatic N) is 19. The van der Waals surface area contributed by atoms with Crippen molar-refractivity contribution in [3.8, 4) is 42.2 Å². The van der Waals surface area contributed by atoms with Gasteiger partial charge in [0, 0.05) is 136 Å². The summed E-state index contributed by atoms with van der Waals surface area (Å²) in [7, 11) is 0. The average Bonchev–Trinajstić information content (AvgIpc) is 1.74. The number of aliphatic imine (C=N–C) groups is 6. The number of aromatic hydroxyl groups is 1. The minimum Gasteiger partial charge on any atom is -0.508 e. The van der Waals surface area contributed by atoms with E-state index in [9.17, 15) is 36.7 Å². The minimum atomic E-state index is 0.200. The van der Waals surface area contributed by atoms with Crippen molar-refractivity contribution >= 4 is 142 Å². The van der Waals surface area contributed by atoms with E-state index in [2.05, 4.69) is 138 Å². The van der Waals surface area contributed by atoms with Crippen LogP contribution in [0.25, 0.3) is 0 Å². The van der Waals surface area contributed by atoms with Gasteiger partial charge in [0.05, 0.1) is 34.2 Å². The molecule has 9 aromatic heterocycles. The summed E-state index contributed by atoms with van der Waals surface area (Å²) in [5.74, 6) is 2.50. The molecule has 9 heterocycles. The van der Waals surface area contributed by atoms with Crippen LogP contribution in [-0.4, -0.2) is 114 Å². The Morgan fingerprint density at radius 1 is 0.331 bits per heavy atom. The number of hydrogen-bond donors (Lipinski definition) is 8. The Kier molecular flexibility index (Phi) is 36.1. The van der Waals surface area contributed by atoms with Crippen molar-refractivity contribution in [1.82, 2.24) is 71.2 Å². The third-order valence-electron chi connectivity index (χ3n) is 20.6. The number of H-pyrrole nitrogens is 7. The molecule has 0 saturated carbocycles. The molecule has 18 aromatic rings. The second-order valence-electron chi connectivity index (χ2n) is 30.5. The van der Waals surface area contributed by atoms with Crippen LogP contribution in [0.15, 0.2) is 309 Å². The monoisotopic (exact) mass is 1940 g/mol. The lowest BCUT2D eigenvalue weighted by molar-refractivity contribution is 0.471. The first kappa shape index (κ1) is 99.1. The number of nitrogens with one attached hydrogen (secondary N) is 7. The molecule has 682 valence electrons. The molecule has 18 rings (SSSR count). The highest BCUT2D eigenvalue weighted by Crippen LogP contribution is 2.32. The zero-order valence-electron chi connectivity index (χ0n) is 74.5. The number of aromatic amines is 7. The molecule has 0 bridgehead atoms. The smallest absolute Gasteiger partial charge is 0.191 e. The Morgan fingerprint density at radius 3 is 1.02 bits per heavy atom. The predicted octanol–water partition coefficient (Wildman–Crippen LogP) is 24.4. The number of phenolic OH excluding ortho intramolecular Hbond substituents is 1. The number of nitriles is 6. The van der Waals surface area contributed by atoms with Gasteiger partial charge in [0.15, 0.2) is 34.9 Å². The normalized spacial score (nSPS) is 10.9. The standard InChI is InChI=1S/C19H15ClN4O.C19H15ClN4.C18H13ClN4.C18H15N5.C16H12ClN5.C16H11ClN4S/c1-12-6-7-13(8-18(12)25)11-22-19-15(10-21)17(23-24-19)9-14-4-2-3-5-16(14)20;1-13-6-8-14(9-7-13)12-22-19-16(11-21)18(23-24-19)10-15-4-2-3-5-17(15)20;19-16-9-5-4-8-14(16)10-17-15(11-20)18(23-22-17)21-12-13-6-2-1-3-7-13;1-13-4-6-14(7-5-13)12-21-18-16(10-19)17(22-23-18)9-15-3-2-8-20-11-15;17-13-3-1-2-11(6-13)7-15-14(8-18)16(22-21-15)20-10-12-4-5-19-9-12;17-12-4-1-3-11(7-12)8-15-14(9-18)16(21-20-15)19-10-13-5-2-6-22-13/h2-8,11,25H,9H2,1H3,(H,23,24);2-9,12H,10H2,1H3,(H,23,24);1-9,12H,10H2,(H,22,23);2-8,11-12H,9H2,1H3,(H,22,23);1-6,9-10,19H,7H2,(H,21,22);1-7,10H,8H2,(H,20,21). The van der Waals surface area contributed by atoms with E-state index in [-0.39, 0.29) is 5.75 Å². The fourth-order valence-corrected chi connectivity index (χ4v) is 14.9. The molecule has 0 atom stereocenters. The van der Waals surface area contributed by atoms with Gasteiger partial charge in [-0.25, -0.2) is 30.0 Å². The van der Waals surface area contributed by atoms with Gasteiger partial charge in [-0.3, -0.25) is 35.6 Å². The van der Waals surface area contributed by atoms with Crippen LogP contribution >= 0.6 is 69.3 Å². The number of phenols is 1. The van der Waals surface area contributed by atoms with Crippen molar-refractivity contribution in [1.29, 1.82) is 31.6 Å². The third-order valence-corrected chi connectivity index (χ3v) is 23.0. The van der Waals surface area contributed by atoms with E-state index in [0.29, 0.717) is 149 Å². The molecule has 0 amide bonds. The number of benzene rings is 9. The fraction of sp³-hybridized carbons (Fsp3) is 0.0849. The first-order valence-electron chi connectivity index (χ1n) is 42.6. The number of rotatable bonds is 24. The molecule has 27 nitrogen and oxygen atoms in total. The van der Waals surface area contributed by atoms with Crippen molar-refractivity contribution in [3.05, 3.63) is 454 Å². The fourth-order valence-electron chi connectivity index (χ4n) is 13.3. The second-order valence-corrected chi connectivity index (χ2v) is 33.6. The molecule has 0 unspecified atom stereocenters.